The number of carbonyl (C=O) groups is 2. The molecule has 5 rings (SSSR count). The predicted octanol–water partition coefficient (Wildman–Crippen LogP) is 4.62. The van der Waals surface area contributed by atoms with Crippen molar-refractivity contribution >= 4 is 29.2 Å². The number of aryl methyl sites for hydroxylation is 1. The Labute approximate surface area is 200 Å². The topological polar surface area (TPSA) is 77.2 Å². The first-order chi connectivity index (χ1) is 16.5. The molecule has 6 nitrogen and oxygen atoms in total. The standard InChI is InChI=1S/C28H30N4O2/c1-18-24(30-19(2)26(18)28(34)29-12-15-32-13-6-7-14-32)17-23-22-11-10-21(16-25(22)31-27(23)33)20-8-4-3-5-9-20/h3-5,8-11,16-17,30H,6-7,12-15H2,1-2H3,(H,29,34)(H,31,33)/b23-17-. The van der Waals surface area contributed by atoms with E-state index in [4.69, 9.17) is 0 Å². The van der Waals surface area contributed by atoms with Crippen molar-refractivity contribution in [1.82, 2.24) is 15.2 Å². The third-order valence-electron chi connectivity index (χ3n) is 6.81. The number of hydrogen-bond acceptors (Lipinski definition) is 3. The summed E-state index contributed by atoms with van der Waals surface area (Å²) in [4.78, 5) is 31.4. The van der Waals surface area contributed by atoms with Gasteiger partial charge in [0.15, 0.2) is 0 Å². The van der Waals surface area contributed by atoms with Crippen LogP contribution in [0.2, 0.25) is 0 Å². The van der Waals surface area contributed by atoms with Gasteiger partial charge < -0.3 is 20.5 Å². The number of nitrogens with one attached hydrogen (secondary N) is 3. The normalized spacial score (nSPS) is 16.6. The Hall–Kier alpha value is -3.64. The molecule has 174 valence electrons. The van der Waals surface area contributed by atoms with Gasteiger partial charge in [-0.1, -0.05) is 42.5 Å². The van der Waals surface area contributed by atoms with E-state index in [-0.39, 0.29) is 11.8 Å². The monoisotopic (exact) mass is 454 g/mol. The minimum Gasteiger partial charge on any atom is -0.358 e. The summed E-state index contributed by atoms with van der Waals surface area (Å²) in [6, 6.07) is 16.1. The number of amides is 2. The Kier molecular flexibility index (Phi) is 6.07. The van der Waals surface area contributed by atoms with Gasteiger partial charge >= 0.3 is 0 Å². The zero-order valence-corrected chi connectivity index (χ0v) is 19.7. The van der Waals surface area contributed by atoms with E-state index in [0.29, 0.717) is 17.7 Å². The summed E-state index contributed by atoms with van der Waals surface area (Å²) in [7, 11) is 0. The lowest BCUT2D eigenvalue weighted by molar-refractivity contribution is -0.110. The smallest absolute Gasteiger partial charge is 0.256 e. The molecule has 0 bridgehead atoms. The Morgan fingerprint density at radius 3 is 2.59 bits per heavy atom. The molecule has 0 radical (unpaired) electrons. The van der Waals surface area contributed by atoms with Crippen molar-refractivity contribution in [3.8, 4) is 11.1 Å². The molecule has 0 aliphatic carbocycles. The first kappa shape index (κ1) is 22.2. The van der Waals surface area contributed by atoms with Crippen molar-refractivity contribution in [1.29, 1.82) is 0 Å². The van der Waals surface area contributed by atoms with Gasteiger partial charge in [0.2, 0.25) is 0 Å². The zero-order chi connectivity index (χ0) is 23.7. The van der Waals surface area contributed by atoms with Gasteiger partial charge in [0.05, 0.1) is 11.1 Å². The van der Waals surface area contributed by atoms with Gasteiger partial charge in [0.1, 0.15) is 0 Å². The summed E-state index contributed by atoms with van der Waals surface area (Å²) >= 11 is 0. The molecular formula is C28H30N4O2. The van der Waals surface area contributed by atoms with Crippen LogP contribution in [0, 0.1) is 13.8 Å². The highest BCUT2D eigenvalue weighted by Crippen LogP contribution is 2.36. The Morgan fingerprint density at radius 1 is 1.06 bits per heavy atom. The first-order valence-corrected chi connectivity index (χ1v) is 11.9. The van der Waals surface area contributed by atoms with E-state index in [9.17, 15) is 9.59 Å². The summed E-state index contributed by atoms with van der Waals surface area (Å²) in [6.07, 6.45) is 4.34. The number of anilines is 1. The number of likely N-dealkylation sites (tertiary alicyclic amines) is 1. The molecule has 0 spiro atoms. The van der Waals surface area contributed by atoms with Crippen LogP contribution in [0.3, 0.4) is 0 Å². The molecule has 0 saturated carbocycles. The Morgan fingerprint density at radius 2 is 1.82 bits per heavy atom. The molecule has 2 aromatic carbocycles. The average molecular weight is 455 g/mol. The van der Waals surface area contributed by atoms with E-state index < -0.39 is 0 Å². The molecule has 2 aliphatic heterocycles. The van der Waals surface area contributed by atoms with E-state index >= 15 is 0 Å². The van der Waals surface area contributed by atoms with Crippen LogP contribution in [0.25, 0.3) is 22.8 Å². The van der Waals surface area contributed by atoms with Gasteiger partial charge in [-0.25, -0.2) is 0 Å². The predicted molar refractivity (Wildman–Crippen MR) is 137 cm³/mol. The average Bonchev–Trinajstić information content (AvgIpc) is 3.53. The molecular weight excluding hydrogens is 424 g/mol. The Bertz CT molecular complexity index is 1270. The SMILES string of the molecule is Cc1[nH]c(/C=C2\C(=O)Nc3cc(-c4ccccc4)ccc32)c(C)c1C(=O)NCCN1CCCC1. The third kappa shape index (κ3) is 4.29. The van der Waals surface area contributed by atoms with Crippen molar-refractivity contribution in [3.05, 3.63) is 76.6 Å². The van der Waals surface area contributed by atoms with Crippen LogP contribution in [0.1, 0.15) is 45.7 Å². The molecule has 2 aliphatic rings. The molecule has 0 unspecified atom stereocenters. The van der Waals surface area contributed by atoms with Gasteiger partial charge in [0, 0.05) is 35.7 Å². The van der Waals surface area contributed by atoms with Crippen LogP contribution < -0.4 is 10.6 Å². The minimum absolute atomic E-state index is 0.0705. The zero-order valence-electron chi connectivity index (χ0n) is 19.7. The summed E-state index contributed by atoms with van der Waals surface area (Å²) in [5, 5.41) is 6.05. The molecule has 2 amide bonds. The van der Waals surface area contributed by atoms with E-state index in [1.54, 1.807) is 0 Å². The number of aromatic amines is 1. The second kappa shape index (κ2) is 9.31. The minimum atomic E-state index is -0.136. The van der Waals surface area contributed by atoms with Crippen LogP contribution in [0.4, 0.5) is 5.69 Å². The van der Waals surface area contributed by atoms with Crippen LogP contribution in [-0.4, -0.2) is 47.9 Å². The van der Waals surface area contributed by atoms with E-state index in [1.165, 1.54) is 12.8 Å². The molecule has 3 aromatic rings. The van der Waals surface area contributed by atoms with E-state index in [2.05, 4.69) is 32.7 Å². The molecule has 1 aromatic heterocycles. The molecule has 3 N–H and O–H groups in total. The van der Waals surface area contributed by atoms with Crippen molar-refractivity contribution in [2.75, 3.05) is 31.5 Å². The van der Waals surface area contributed by atoms with Gasteiger partial charge in [-0.05, 0) is 68.6 Å². The highest BCUT2D eigenvalue weighted by molar-refractivity contribution is 6.35. The highest BCUT2D eigenvalue weighted by Gasteiger charge is 2.26. The number of H-pyrrole nitrogens is 1. The third-order valence-corrected chi connectivity index (χ3v) is 6.81. The van der Waals surface area contributed by atoms with Gasteiger partial charge in [-0.2, -0.15) is 0 Å². The van der Waals surface area contributed by atoms with Crippen LogP contribution in [0.5, 0.6) is 0 Å². The number of nitrogens with zero attached hydrogens (tertiary/aromatic N) is 1. The molecule has 3 heterocycles. The molecule has 1 fully saturated rings. The summed E-state index contributed by atoms with van der Waals surface area (Å²) in [5.41, 5.74) is 7.53. The van der Waals surface area contributed by atoms with Gasteiger partial charge in [-0.15, -0.1) is 0 Å². The van der Waals surface area contributed by atoms with Crippen molar-refractivity contribution in [2.24, 2.45) is 0 Å². The lowest BCUT2D eigenvalue weighted by Gasteiger charge is -2.14. The van der Waals surface area contributed by atoms with Crippen LogP contribution >= 0.6 is 0 Å². The molecule has 1 saturated heterocycles. The fourth-order valence-corrected chi connectivity index (χ4v) is 4.97. The molecule has 34 heavy (non-hydrogen) atoms. The first-order valence-electron chi connectivity index (χ1n) is 11.9. The Balaban J connectivity index is 1.37. The number of hydrogen-bond donors (Lipinski definition) is 3. The fraction of sp³-hybridized carbons (Fsp3) is 0.286. The summed E-state index contributed by atoms with van der Waals surface area (Å²) < 4.78 is 0. The van der Waals surface area contributed by atoms with Gasteiger partial charge in [-0.3, -0.25) is 9.59 Å². The number of rotatable bonds is 6. The van der Waals surface area contributed by atoms with Crippen LogP contribution in [-0.2, 0) is 4.79 Å². The molecule has 6 heteroatoms. The maximum Gasteiger partial charge on any atom is 0.256 e. The largest absolute Gasteiger partial charge is 0.358 e. The summed E-state index contributed by atoms with van der Waals surface area (Å²) in [5.74, 6) is -0.206. The maximum atomic E-state index is 12.9. The fourth-order valence-electron chi connectivity index (χ4n) is 4.97. The number of aromatic nitrogens is 1. The number of benzene rings is 2. The second-order valence-corrected chi connectivity index (χ2v) is 9.11. The lowest BCUT2D eigenvalue weighted by atomic mass is 9.99. The molecule has 0 atom stereocenters. The maximum absolute atomic E-state index is 12.9. The summed E-state index contributed by atoms with van der Waals surface area (Å²) in [6.45, 7) is 7.58. The van der Waals surface area contributed by atoms with E-state index in [0.717, 1.165) is 59.0 Å². The number of carbonyl (C=O) groups excluding carboxylic acids is 2. The lowest BCUT2D eigenvalue weighted by Crippen LogP contribution is -2.33. The van der Waals surface area contributed by atoms with Crippen molar-refractivity contribution in [3.63, 3.8) is 0 Å². The quantitative estimate of drug-likeness (QED) is 0.476. The van der Waals surface area contributed by atoms with Crippen molar-refractivity contribution < 1.29 is 9.59 Å². The van der Waals surface area contributed by atoms with Crippen LogP contribution in [0.15, 0.2) is 48.5 Å². The second-order valence-electron chi connectivity index (χ2n) is 9.11. The highest BCUT2D eigenvalue weighted by atomic mass is 16.2. The van der Waals surface area contributed by atoms with Gasteiger partial charge in [0.25, 0.3) is 11.8 Å². The van der Waals surface area contributed by atoms with Crippen molar-refractivity contribution in [2.45, 2.75) is 26.7 Å². The van der Waals surface area contributed by atoms with E-state index in [1.807, 2.05) is 56.3 Å². The number of fused-ring (bicyclic) bond motifs is 1.